The van der Waals surface area contributed by atoms with Gasteiger partial charge in [0.15, 0.2) is 0 Å². The molecule has 1 fully saturated rings. The monoisotopic (exact) mass is 357 g/mol. The van der Waals surface area contributed by atoms with Crippen LogP contribution < -0.4 is 0 Å². The molecule has 1 aliphatic rings. The molecule has 3 heteroatoms. The molecule has 0 atom stereocenters. The van der Waals surface area contributed by atoms with Crippen molar-refractivity contribution in [1.29, 1.82) is 0 Å². The Morgan fingerprint density at radius 1 is 1.22 bits per heavy atom. The van der Waals surface area contributed by atoms with E-state index in [0.29, 0.717) is 0 Å². The second-order valence-corrected chi connectivity index (χ2v) is 6.63. The number of nitrogens with zero attached hydrogens (tertiary/aromatic N) is 1. The molecular weight excluding hydrogens is 337 g/mol. The zero-order chi connectivity index (χ0) is 13.1. The van der Waals surface area contributed by atoms with E-state index in [4.69, 9.17) is 0 Å². The van der Waals surface area contributed by atoms with Crippen LogP contribution in [0.4, 0.5) is 0 Å². The molecule has 2 rings (SSSR count). The average Bonchev–Trinajstić information content (AvgIpc) is 2.39. The number of amides is 1. The summed E-state index contributed by atoms with van der Waals surface area (Å²) in [4.78, 5) is 14.3. The standard InChI is InChI=1S/C15H20INO/c1-11(2)12-7-9-17(10-8-12)15(18)13-3-5-14(16)6-4-13/h3-6,11-12H,7-10H2,1-2H3. The van der Waals surface area contributed by atoms with E-state index in [-0.39, 0.29) is 5.91 Å². The summed E-state index contributed by atoms with van der Waals surface area (Å²) in [7, 11) is 0. The zero-order valence-electron chi connectivity index (χ0n) is 11.0. The first-order valence-corrected chi connectivity index (χ1v) is 7.70. The number of hydrogen-bond acceptors (Lipinski definition) is 1. The maximum Gasteiger partial charge on any atom is 0.253 e. The third-order valence-corrected chi connectivity index (χ3v) is 4.58. The van der Waals surface area contributed by atoms with Crippen LogP contribution in [-0.4, -0.2) is 23.9 Å². The third-order valence-electron chi connectivity index (χ3n) is 3.86. The van der Waals surface area contributed by atoms with Gasteiger partial charge in [-0.1, -0.05) is 13.8 Å². The fourth-order valence-electron chi connectivity index (χ4n) is 2.54. The molecule has 2 nitrogen and oxygen atoms in total. The molecule has 1 saturated heterocycles. The van der Waals surface area contributed by atoms with E-state index in [9.17, 15) is 4.79 Å². The number of likely N-dealkylation sites (tertiary alicyclic amines) is 1. The molecule has 0 radical (unpaired) electrons. The molecule has 0 spiro atoms. The van der Waals surface area contributed by atoms with E-state index in [2.05, 4.69) is 36.4 Å². The number of benzene rings is 1. The highest BCUT2D eigenvalue weighted by atomic mass is 127. The predicted molar refractivity (Wildman–Crippen MR) is 82.6 cm³/mol. The number of piperidine rings is 1. The Morgan fingerprint density at radius 2 is 1.78 bits per heavy atom. The quantitative estimate of drug-likeness (QED) is 0.738. The Labute approximate surface area is 123 Å². The van der Waals surface area contributed by atoms with Gasteiger partial charge in [0.25, 0.3) is 5.91 Å². The van der Waals surface area contributed by atoms with E-state index in [1.54, 1.807) is 0 Å². The van der Waals surface area contributed by atoms with Crippen molar-refractivity contribution in [3.05, 3.63) is 33.4 Å². The van der Waals surface area contributed by atoms with Gasteiger partial charge in [0, 0.05) is 22.2 Å². The molecule has 1 heterocycles. The van der Waals surface area contributed by atoms with Gasteiger partial charge in [0.05, 0.1) is 0 Å². The van der Waals surface area contributed by atoms with Crippen LogP contribution in [0, 0.1) is 15.4 Å². The highest BCUT2D eigenvalue weighted by Gasteiger charge is 2.24. The Bertz CT molecular complexity index is 405. The third kappa shape index (κ3) is 3.25. The normalized spacial score (nSPS) is 17.2. The second-order valence-electron chi connectivity index (χ2n) is 5.38. The van der Waals surface area contributed by atoms with E-state index < -0.39 is 0 Å². The lowest BCUT2D eigenvalue weighted by Gasteiger charge is -2.34. The summed E-state index contributed by atoms with van der Waals surface area (Å²) >= 11 is 2.26. The lowest BCUT2D eigenvalue weighted by atomic mass is 9.86. The van der Waals surface area contributed by atoms with Crippen molar-refractivity contribution in [1.82, 2.24) is 4.90 Å². The van der Waals surface area contributed by atoms with Gasteiger partial charge in [0.1, 0.15) is 0 Å². The summed E-state index contributed by atoms with van der Waals surface area (Å²) in [5, 5.41) is 0. The highest BCUT2D eigenvalue weighted by molar-refractivity contribution is 14.1. The lowest BCUT2D eigenvalue weighted by molar-refractivity contribution is 0.0667. The molecule has 18 heavy (non-hydrogen) atoms. The summed E-state index contributed by atoms with van der Waals surface area (Å²) in [5.74, 6) is 1.71. The maximum atomic E-state index is 12.3. The van der Waals surface area contributed by atoms with Gasteiger partial charge in [-0.25, -0.2) is 0 Å². The molecule has 0 aliphatic carbocycles. The first-order chi connectivity index (χ1) is 8.58. The first-order valence-electron chi connectivity index (χ1n) is 6.63. The van der Waals surface area contributed by atoms with Gasteiger partial charge in [0.2, 0.25) is 0 Å². The molecule has 1 aliphatic heterocycles. The largest absolute Gasteiger partial charge is 0.339 e. The Kier molecular flexibility index (Phi) is 4.65. The smallest absolute Gasteiger partial charge is 0.253 e. The fourth-order valence-corrected chi connectivity index (χ4v) is 2.90. The molecule has 98 valence electrons. The van der Waals surface area contributed by atoms with Crippen molar-refractivity contribution in [3.8, 4) is 0 Å². The Morgan fingerprint density at radius 3 is 2.28 bits per heavy atom. The van der Waals surface area contributed by atoms with E-state index in [0.717, 1.165) is 43.3 Å². The molecule has 1 aromatic carbocycles. The molecule has 0 bridgehead atoms. The van der Waals surface area contributed by atoms with Gasteiger partial charge in [-0.3, -0.25) is 4.79 Å². The van der Waals surface area contributed by atoms with Crippen molar-refractivity contribution in [2.45, 2.75) is 26.7 Å². The van der Waals surface area contributed by atoms with Crippen molar-refractivity contribution in [3.63, 3.8) is 0 Å². The molecule has 0 N–H and O–H groups in total. The summed E-state index contributed by atoms with van der Waals surface area (Å²) in [5.41, 5.74) is 0.818. The van der Waals surface area contributed by atoms with Crippen LogP contribution in [0.2, 0.25) is 0 Å². The van der Waals surface area contributed by atoms with Crippen LogP contribution >= 0.6 is 22.6 Å². The second kappa shape index (κ2) is 6.04. The molecule has 1 aromatic rings. The number of rotatable bonds is 2. The van der Waals surface area contributed by atoms with Gasteiger partial charge >= 0.3 is 0 Å². The lowest BCUT2D eigenvalue weighted by Crippen LogP contribution is -2.39. The minimum Gasteiger partial charge on any atom is -0.339 e. The zero-order valence-corrected chi connectivity index (χ0v) is 13.2. The van der Waals surface area contributed by atoms with Crippen LogP contribution in [0.1, 0.15) is 37.0 Å². The van der Waals surface area contributed by atoms with Crippen LogP contribution in [0.25, 0.3) is 0 Å². The molecule has 1 amide bonds. The maximum absolute atomic E-state index is 12.3. The van der Waals surface area contributed by atoms with Crippen molar-refractivity contribution < 1.29 is 4.79 Å². The molecule has 0 saturated carbocycles. The van der Waals surface area contributed by atoms with E-state index >= 15 is 0 Å². The van der Waals surface area contributed by atoms with Gasteiger partial charge in [-0.15, -0.1) is 0 Å². The Hall–Kier alpha value is -0.580. The van der Waals surface area contributed by atoms with E-state index in [1.165, 1.54) is 3.57 Å². The predicted octanol–water partition coefficient (Wildman–Crippen LogP) is 3.80. The summed E-state index contributed by atoms with van der Waals surface area (Å²) in [6.07, 6.45) is 2.29. The van der Waals surface area contributed by atoms with Crippen LogP contribution in [0.15, 0.2) is 24.3 Å². The Balaban J connectivity index is 1.97. The average molecular weight is 357 g/mol. The molecule has 0 aromatic heterocycles. The number of halogens is 1. The summed E-state index contributed by atoms with van der Waals surface area (Å²) < 4.78 is 1.17. The van der Waals surface area contributed by atoms with Crippen molar-refractivity contribution in [2.24, 2.45) is 11.8 Å². The molecular formula is C15H20INO. The minimum atomic E-state index is 0.189. The number of carbonyl (C=O) groups is 1. The first kappa shape index (κ1) is 13.8. The summed E-state index contributed by atoms with van der Waals surface area (Å²) in [6.45, 7) is 6.38. The number of carbonyl (C=O) groups excluding carboxylic acids is 1. The summed E-state index contributed by atoms with van der Waals surface area (Å²) in [6, 6.07) is 7.85. The van der Waals surface area contributed by atoms with Crippen LogP contribution in [0.5, 0.6) is 0 Å². The van der Waals surface area contributed by atoms with E-state index in [1.807, 2.05) is 29.2 Å². The topological polar surface area (TPSA) is 20.3 Å². The van der Waals surface area contributed by atoms with Gasteiger partial charge < -0.3 is 4.90 Å². The number of hydrogen-bond donors (Lipinski definition) is 0. The van der Waals surface area contributed by atoms with Crippen LogP contribution in [-0.2, 0) is 0 Å². The van der Waals surface area contributed by atoms with Crippen LogP contribution in [0.3, 0.4) is 0 Å². The van der Waals surface area contributed by atoms with Crippen molar-refractivity contribution >= 4 is 28.5 Å². The SMILES string of the molecule is CC(C)C1CCN(C(=O)c2ccc(I)cc2)CC1. The fraction of sp³-hybridized carbons (Fsp3) is 0.533. The molecule has 0 unspecified atom stereocenters. The van der Waals surface area contributed by atoms with Gasteiger partial charge in [-0.05, 0) is 71.5 Å². The van der Waals surface area contributed by atoms with Gasteiger partial charge in [-0.2, -0.15) is 0 Å². The van der Waals surface area contributed by atoms with Crippen molar-refractivity contribution in [2.75, 3.05) is 13.1 Å². The minimum absolute atomic E-state index is 0.189. The highest BCUT2D eigenvalue weighted by Crippen LogP contribution is 2.25.